The van der Waals surface area contributed by atoms with E-state index in [-0.39, 0.29) is 18.3 Å². The number of nitrogens with one attached hydrogen (secondary N) is 1. The Bertz CT molecular complexity index is 1060. The summed E-state index contributed by atoms with van der Waals surface area (Å²) in [6.07, 6.45) is -0.718. The number of benzene rings is 2. The van der Waals surface area contributed by atoms with E-state index in [0.717, 1.165) is 11.1 Å². The van der Waals surface area contributed by atoms with Crippen LogP contribution < -0.4 is 19.5 Å². The second kappa shape index (κ2) is 9.70. The fourth-order valence-corrected chi connectivity index (χ4v) is 3.07. The number of methoxy groups -OCH3 is 2. The maximum atomic E-state index is 12.4. The Morgan fingerprint density at radius 2 is 1.84 bits per heavy atom. The Kier molecular flexibility index (Phi) is 7.02. The second-order valence-corrected chi connectivity index (χ2v) is 7.30. The molecule has 1 N–H and O–H groups in total. The highest BCUT2D eigenvalue weighted by molar-refractivity contribution is 6.32. The van der Waals surface area contributed by atoms with Crippen LogP contribution in [0, 0.1) is 13.8 Å². The maximum Gasteiger partial charge on any atom is 0.261 e. The van der Waals surface area contributed by atoms with Crippen molar-refractivity contribution in [1.29, 1.82) is 0 Å². The number of amides is 1. The molecule has 1 amide bonds. The van der Waals surface area contributed by atoms with Crippen LogP contribution in [0.1, 0.15) is 23.9 Å². The highest BCUT2D eigenvalue weighted by atomic mass is 35.5. The predicted octanol–water partition coefficient (Wildman–Crippen LogP) is 4.11. The van der Waals surface area contributed by atoms with Crippen LogP contribution in [0.3, 0.4) is 0 Å². The summed E-state index contributed by atoms with van der Waals surface area (Å²) in [5.74, 6) is 2.07. The molecule has 0 spiro atoms. The van der Waals surface area contributed by atoms with Crippen LogP contribution in [-0.2, 0) is 11.3 Å². The van der Waals surface area contributed by atoms with E-state index in [1.807, 2.05) is 13.8 Å². The zero-order chi connectivity index (χ0) is 22.5. The number of halogens is 1. The zero-order valence-electron chi connectivity index (χ0n) is 18.0. The summed E-state index contributed by atoms with van der Waals surface area (Å²) in [5, 5.41) is 7.39. The fraction of sp³-hybridized carbons (Fsp3) is 0.318. The van der Waals surface area contributed by atoms with Crippen LogP contribution in [0.25, 0.3) is 11.4 Å². The lowest BCUT2D eigenvalue weighted by molar-refractivity contribution is -0.127. The molecule has 0 radical (unpaired) electrons. The molecule has 1 aromatic heterocycles. The number of hydrogen-bond donors (Lipinski definition) is 1. The van der Waals surface area contributed by atoms with E-state index >= 15 is 0 Å². The summed E-state index contributed by atoms with van der Waals surface area (Å²) < 4.78 is 21.5. The minimum absolute atomic E-state index is 0.0661. The molecule has 1 atom stereocenters. The lowest BCUT2D eigenvalue weighted by Gasteiger charge is -2.15. The van der Waals surface area contributed by atoms with Gasteiger partial charge in [-0.2, -0.15) is 4.98 Å². The number of nitrogens with zero attached hydrogens (tertiary/aromatic N) is 2. The summed E-state index contributed by atoms with van der Waals surface area (Å²) in [6, 6.07) is 8.87. The molecule has 3 aromatic rings. The molecule has 0 aliphatic carbocycles. The van der Waals surface area contributed by atoms with Crippen molar-refractivity contribution < 1.29 is 23.5 Å². The maximum absolute atomic E-state index is 12.4. The van der Waals surface area contributed by atoms with Gasteiger partial charge in [0, 0.05) is 11.1 Å². The fourth-order valence-electron chi connectivity index (χ4n) is 2.96. The van der Waals surface area contributed by atoms with Crippen molar-refractivity contribution in [2.45, 2.75) is 33.4 Å². The highest BCUT2D eigenvalue weighted by Gasteiger charge is 2.18. The third-order valence-electron chi connectivity index (χ3n) is 4.62. The van der Waals surface area contributed by atoms with E-state index in [4.69, 9.17) is 30.3 Å². The number of ether oxygens (including phenoxy) is 3. The number of rotatable bonds is 8. The monoisotopic (exact) mass is 445 g/mol. The molecule has 3 rings (SSSR count). The normalized spacial score (nSPS) is 11.7. The molecule has 0 fully saturated rings. The number of aromatic nitrogens is 2. The van der Waals surface area contributed by atoms with Gasteiger partial charge in [0.2, 0.25) is 11.7 Å². The summed E-state index contributed by atoms with van der Waals surface area (Å²) in [6.45, 7) is 5.50. The molecule has 2 aromatic carbocycles. The first-order valence-electron chi connectivity index (χ1n) is 9.58. The Balaban J connectivity index is 1.62. The van der Waals surface area contributed by atoms with Crippen molar-refractivity contribution >= 4 is 17.5 Å². The van der Waals surface area contributed by atoms with Gasteiger partial charge in [-0.25, -0.2) is 0 Å². The molecule has 0 aliphatic rings. The predicted molar refractivity (Wildman–Crippen MR) is 116 cm³/mol. The molecular formula is C22H24ClN3O5. The van der Waals surface area contributed by atoms with Gasteiger partial charge in [-0.15, -0.1) is 0 Å². The Morgan fingerprint density at radius 3 is 2.48 bits per heavy atom. The van der Waals surface area contributed by atoms with Crippen molar-refractivity contribution in [3.05, 3.63) is 52.4 Å². The molecule has 31 heavy (non-hydrogen) atoms. The van der Waals surface area contributed by atoms with Crippen LogP contribution in [0.4, 0.5) is 0 Å². The zero-order valence-corrected chi connectivity index (χ0v) is 18.7. The van der Waals surface area contributed by atoms with Crippen LogP contribution in [-0.4, -0.2) is 36.4 Å². The number of carbonyl (C=O) groups excluding carboxylic acids is 1. The number of carbonyl (C=O) groups is 1. The van der Waals surface area contributed by atoms with Crippen LogP contribution in [0.5, 0.6) is 17.2 Å². The van der Waals surface area contributed by atoms with Gasteiger partial charge in [-0.3, -0.25) is 4.79 Å². The standard InChI is InChI=1S/C22H24ClN3O5/c1-12-8-16(9-13(2)20(12)23)30-14(3)22(27)24-11-19-25-21(26-31-19)17-7-6-15(28-4)10-18(17)29-5/h6-10,14H,11H2,1-5H3,(H,24,27)/t14-/m1/s1. The minimum atomic E-state index is -0.718. The molecule has 9 heteroatoms. The van der Waals surface area contributed by atoms with E-state index in [1.54, 1.807) is 51.5 Å². The second-order valence-electron chi connectivity index (χ2n) is 6.93. The average molecular weight is 446 g/mol. The minimum Gasteiger partial charge on any atom is -0.497 e. The smallest absolute Gasteiger partial charge is 0.261 e. The topological polar surface area (TPSA) is 95.7 Å². The molecule has 164 valence electrons. The Labute approximate surface area is 185 Å². The first kappa shape index (κ1) is 22.4. The summed E-state index contributed by atoms with van der Waals surface area (Å²) >= 11 is 6.17. The van der Waals surface area contributed by atoms with E-state index in [1.165, 1.54) is 0 Å². The first-order valence-corrected chi connectivity index (χ1v) is 9.96. The van der Waals surface area contributed by atoms with Gasteiger partial charge in [0.15, 0.2) is 6.10 Å². The molecule has 0 saturated carbocycles. The third-order valence-corrected chi connectivity index (χ3v) is 5.22. The molecule has 1 heterocycles. The van der Waals surface area contributed by atoms with Gasteiger partial charge < -0.3 is 24.1 Å². The Hall–Kier alpha value is -3.26. The quantitative estimate of drug-likeness (QED) is 0.557. The molecule has 8 nitrogen and oxygen atoms in total. The molecule has 0 bridgehead atoms. The highest BCUT2D eigenvalue weighted by Crippen LogP contribution is 2.31. The van der Waals surface area contributed by atoms with E-state index < -0.39 is 6.10 Å². The SMILES string of the molecule is COc1ccc(-c2noc(CNC(=O)[C@@H](C)Oc3cc(C)c(Cl)c(C)c3)n2)c(OC)c1. The van der Waals surface area contributed by atoms with Gasteiger partial charge in [0.05, 0.1) is 26.3 Å². The average Bonchev–Trinajstić information content (AvgIpc) is 3.23. The van der Waals surface area contributed by atoms with E-state index in [9.17, 15) is 4.79 Å². The van der Waals surface area contributed by atoms with Crippen molar-refractivity contribution in [1.82, 2.24) is 15.5 Å². The third kappa shape index (κ3) is 5.27. The van der Waals surface area contributed by atoms with Crippen LogP contribution in [0.15, 0.2) is 34.9 Å². The summed E-state index contributed by atoms with van der Waals surface area (Å²) in [4.78, 5) is 16.7. The van der Waals surface area contributed by atoms with Crippen molar-refractivity contribution in [3.8, 4) is 28.6 Å². The number of aryl methyl sites for hydroxylation is 2. The van der Waals surface area contributed by atoms with Gasteiger partial charge in [0.1, 0.15) is 17.2 Å². The van der Waals surface area contributed by atoms with E-state index in [2.05, 4.69) is 15.5 Å². The van der Waals surface area contributed by atoms with E-state index in [0.29, 0.717) is 33.7 Å². The number of hydrogen-bond acceptors (Lipinski definition) is 7. The lowest BCUT2D eigenvalue weighted by atomic mass is 10.1. The summed E-state index contributed by atoms with van der Waals surface area (Å²) in [7, 11) is 3.12. The van der Waals surface area contributed by atoms with Crippen LogP contribution in [0.2, 0.25) is 5.02 Å². The summed E-state index contributed by atoms with van der Waals surface area (Å²) in [5.41, 5.74) is 2.42. The van der Waals surface area contributed by atoms with Gasteiger partial charge in [0.25, 0.3) is 5.91 Å². The molecular weight excluding hydrogens is 422 g/mol. The van der Waals surface area contributed by atoms with Crippen molar-refractivity contribution in [3.63, 3.8) is 0 Å². The molecule has 0 aliphatic heterocycles. The van der Waals surface area contributed by atoms with Gasteiger partial charge >= 0.3 is 0 Å². The first-order chi connectivity index (χ1) is 14.8. The van der Waals surface area contributed by atoms with Crippen molar-refractivity contribution in [2.75, 3.05) is 14.2 Å². The van der Waals surface area contributed by atoms with Crippen molar-refractivity contribution in [2.24, 2.45) is 0 Å². The lowest BCUT2D eigenvalue weighted by Crippen LogP contribution is -2.36. The molecule has 0 saturated heterocycles. The molecule has 0 unspecified atom stereocenters. The Morgan fingerprint density at radius 1 is 1.13 bits per heavy atom. The largest absolute Gasteiger partial charge is 0.497 e. The van der Waals surface area contributed by atoms with Gasteiger partial charge in [-0.05, 0) is 56.2 Å². The van der Waals surface area contributed by atoms with Crippen LogP contribution >= 0.6 is 11.6 Å². The van der Waals surface area contributed by atoms with Gasteiger partial charge in [-0.1, -0.05) is 16.8 Å².